The monoisotopic (exact) mass is 397 g/mol. The van der Waals surface area contributed by atoms with Crippen LogP contribution in [-0.4, -0.2) is 56.4 Å². The molecule has 0 aromatic carbocycles. The average molecular weight is 397 g/mol. The molecule has 0 spiro atoms. The van der Waals surface area contributed by atoms with Crippen molar-refractivity contribution in [2.45, 2.75) is 50.4 Å². The van der Waals surface area contributed by atoms with Crippen LogP contribution in [0.1, 0.15) is 38.1 Å². The summed E-state index contributed by atoms with van der Waals surface area (Å²) in [5.74, 6) is -1.05. The van der Waals surface area contributed by atoms with E-state index >= 15 is 0 Å². The van der Waals surface area contributed by atoms with Crippen LogP contribution < -0.4 is 0 Å². The van der Waals surface area contributed by atoms with Crippen LogP contribution in [0, 0.1) is 0 Å². The second-order valence-corrected chi connectivity index (χ2v) is 10.2. The number of nitrogens with zero attached hydrogens (tertiary/aromatic N) is 1. The molecular weight excluding hydrogens is 374 g/mol. The fourth-order valence-corrected chi connectivity index (χ4v) is 3.59. The lowest BCUT2D eigenvalue weighted by Crippen LogP contribution is -2.43. The van der Waals surface area contributed by atoms with Gasteiger partial charge in [-0.05, 0) is 26.2 Å². The number of carboxylic acid groups (broad SMARTS) is 1. The van der Waals surface area contributed by atoms with Crippen molar-refractivity contribution in [3.8, 4) is 0 Å². The molecule has 1 N–H and O–H groups in total. The lowest BCUT2D eigenvalue weighted by atomic mass is 10.0. The summed E-state index contributed by atoms with van der Waals surface area (Å²) in [6.45, 7) is 2.91. The zero-order valence-electron chi connectivity index (χ0n) is 14.6. The minimum Gasteiger partial charge on any atom is -0.480 e. The molecule has 9 nitrogen and oxygen atoms in total. The normalized spacial score (nSPS) is 16.3. The molecule has 0 aliphatic carbocycles. The van der Waals surface area contributed by atoms with Crippen molar-refractivity contribution in [1.29, 1.82) is 0 Å². The zero-order chi connectivity index (χ0) is 19.5. The number of carboxylic acids is 1. The molecule has 0 amide bonds. The highest BCUT2D eigenvalue weighted by Crippen LogP contribution is 2.24. The highest BCUT2D eigenvalue weighted by Gasteiger charge is 2.43. The Morgan fingerprint density at radius 3 is 2.40 bits per heavy atom. The number of hydrogen-bond donors (Lipinski definition) is 1. The highest BCUT2D eigenvalue weighted by molar-refractivity contribution is 7.92. The Balaban J connectivity index is 2.80. The van der Waals surface area contributed by atoms with Gasteiger partial charge < -0.3 is 9.63 Å². The number of sulfone groups is 1. The van der Waals surface area contributed by atoms with Crippen LogP contribution in [0.5, 0.6) is 0 Å². The maximum Gasteiger partial charge on any atom is 0.324 e. The zero-order valence-corrected chi connectivity index (χ0v) is 16.2. The molecule has 1 aromatic heterocycles. The molecule has 0 aliphatic heterocycles. The summed E-state index contributed by atoms with van der Waals surface area (Å²) in [7, 11) is -7.41. The van der Waals surface area contributed by atoms with Crippen LogP contribution in [-0.2, 0) is 41.8 Å². The first-order valence-electron chi connectivity index (χ1n) is 7.54. The smallest absolute Gasteiger partial charge is 0.324 e. The molecule has 144 valence electrons. The van der Waals surface area contributed by atoms with Crippen molar-refractivity contribution < 1.29 is 35.4 Å². The van der Waals surface area contributed by atoms with E-state index in [1.807, 2.05) is 0 Å². The SMILES string of the molecule is CCC(Cc1cc(CC[C@](C)(C(=O)O)S(C)(=O)=O)no1)OS(C)(=O)=O. The first-order chi connectivity index (χ1) is 11.3. The fourth-order valence-electron chi connectivity index (χ4n) is 2.11. The summed E-state index contributed by atoms with van der Waals surface area (Å²) in [5, 5.41) is 13.0. The van der Waals surface area contributed by atoms with Gasteiger partial charge in [-0.25, -0.2) is 8.42 Å². The molecule has 0 fully saturated rings. The number of rotatable bonds is 10. The summed E-state index contributed by atoms with van der Waals surface area (Å²) < 4.78 is 54.0. The Morgan fingerprint density at radius 1 is 1.36 bits per heavy atom. The largest absolute Gasteiger partial charge is 0.480 e. The van der Waals surface area contributed by atoms with Crippen molar-refractivity contribution in [2.75, 3.05) is 12.5 Å². The minimum absolute atomic E-state index is 0.0864. The minimum atomic E-state index is -3.81. The highest BCUT2D eigenvalue weighted by atomic mass is 32.2. The summed E-state index contributed by atoms with van der Waals surface area (Å²) >= 11 is 0. The van der Waals surface area contributed by atoms with Gasteiger partial charge in [0.15, 0.2) is 14.6 Å². The van der Waals surface area contributed by atoms with E-state index < -0.39 is 36.8 Å². The lowest BCUT2D eigenvalue weighted by Gasteiger charge is -2.21. The molecule has 1 rings (SSSR count). The van der Waals surface area contributed by atoms with Gasteiger partial charge >= 0.3 is 5.97 Å². The van der Waals surface area contributed by atoms with E-state index in [0.29, 0.717) is 17.9 Å². The maximum absolute atomic E-state index is 11.7. The van der Waals surface area contributed by atoms with E-state index in [4.69, 9.17) is 8.71 Å². The Hall–Kier alpha value is -1.46. The Labute approximate surface area is 147 Å². The van der Waals surface area contributed by atoms with Crippen molar-refractivity contribution in [2.24, 2.45) is 0 Å². The van der Waals surface area contributed by atoms with E-state index in [1.54, 1.807) is 13.0 Å². The Bertz CT molecular complexity index is 812. The third-order valence-corrected chi connectivity index (χ3v) is 6.57. The van der Waals surface area contributed by atoms with Gasteiger partial charge in [-0.1, -0.05) is 12.1 Å². The molecule has 0 radical (unpaired) electrons. The lowest BCUT2D eigenvalue weighted by molar-refractivity contribution is -0.139. The first-order valence-corrected chi connectivity index (χ1v) is 11.2. The summed E-state index contributed by atoms with van der Waals surface area (Å²) in [6, 6.07) is 1.54. The molecule has 25 heavy (non-hydrogen) atoms. The maximum atomic E-state index is 11.7. The molecule has 1 aromatic rings. The number of carbonyl (C=O) groups is 1. The van der Waals surface area contributed by atoms with E-state index in [1.165, 1.54) is 0 Å². The van der Waals surface area contributed by atoms with Crippen LogP contribution in [0.2, 0.25) is 0 Å². The molecule has 1 heterocycles. The van der Waals surface area contributed by atoms with Gasteiger partial charge in [0.2, 0.25) is 0 Å². The van der Waals surface area contributed by atoms with Gasteiger partial charge in [0.05, 0.1) is 18.1 Å². The van der Waals surface area contributed by atoms with Gasteiger partial charge in [-0.15, -0.1) is 0 Å². The van der Waals surface area contributed by atoms with E-state index in [0.717, 1.165) is 19.4 Å². The topological polar surface area (TPSA) is 141 Å². The second-order valence-electron chi connectivity index (χ2n) is 6.13. The van der Waals surface area contributed by atoms with Gasteiger partial charge in [-0.3, -0.25) is 8.98 Å². The second kappa shape index (κ2) is 7.83. The van der Waals surface area contributed by atoms with Crippen LogP contribution in [0.3, 0.4) is 0 Å². The molecule has 11 heteroatoms. The molecule has 2 atom stereocenters. The van der Waals surface area contributed by atoms with Crippen molar-refractivity contribution in [1.82, 2.24) is 5.16 Å². The number of aromatic nitrogens is 1. The Morgan fingerprint density at radius 2 is 1.96 bits per heavy atom. The molecule has 0 saturated heterocycles. The van der Waals surface area contributed by atoms with Gasteiger partial charge in [-0.2, -0.15) is 8.42 Å². The van der Waals surface area contributed by atoms with Crippen molar-refractivity contribution in [3.63, 3.8) is 0 Å². The van der Waals surface area contributed by atoms with E-state index in [9.17, 15) is 26.7 Å². The number of aliphatic carboxylic acids is 1. The van der Waals surface area contributed by atoms with Gasteiger partial charge in [0.1, 0.15) is 5.76 Å². The molecule has 1 unspecified atom stereocenters. The number of hydrogen-bond acceptors (Lipinski definition) is 8. The quantitative estimate of drug-likeness (QED) is 0.567. The summed E-state index contributed by atoms with van der Waals surface area (Å²) in [4.78, 5) is 11.3. The van der Waals surface area contributed by atoms with Gasteiger partial charge in [0.25, 0.3) is 10.1 Å². The van der Waals surface area contributed by atoms with Crippen LogP contribution in [0.4, 0.5) is 0 Å². The van der Waals surface area contributed by atoms with Crippen LogP contribution >= 0.6 is 0 Å². The van der Waals surface area contributed by atoms with Crippen molar-refractivity contribution in [3.05, 3.63) is 17.5 Å². The van der Waals surface area contributed by atoms with Crippen LogP contribution in [0.25, 0.3) is 0 Å². The predicted molar refractivity (Wildman–Crippen MR) is 89.4 cm³/mol. The van der Waals surface area contributed by atoms with Gasteiger partial charge in [0, 0.05) is 18.7 Å². The fraction of sp³-hybridized carbons (Fsp3) is 0.714. The first kappa shape index (κ1) is 21.6. The van der Waals surface area contributed by atoms with Crippen molar-refractivity contribution >= 4 is 25.9 Å². The predicted octanol–water partition coefficient (Wildman–Crippen LogP) is 0.792. The average Bonchev–Trinajstić information content (AvgIpc) is 2.88. The third-order valence-electron chi connectivity index (χ3n) is 3.93. The summed E-state index contributed by atoms with van der Waals surface area (Å²) in [6.07, 6.45) is 1.78. The molecular formula is C14H23NO8S2. The standard InChI is InChI=1S/C14H23NO8S2/c1-5-11(23-25(4,20)21)9-12-8-10(15-22-12)6-7-14(2,13(16)17)24(3,18)19/h8,11H,5-7,9H2,1-4H3,(H,16,17)/t11?,14-/m1/s1. The number of aryl methyl sites for hydroxylation is 1. The molecule has 0 bridgehead atoms. The molecule has 0 aliphatic rings. The van der Waals surface area contributed by atoms with E-state index in [-0.39, 0.29) is 19.3 Å². The van der Waals surface area contributed by atoms with E-state index in [2.05, 4.69) is 5.16 Å². The Kier molecular flexibility index (Phi) is 6.76. The summed E-state index contributed by atoms with van der Waals surface area (Å²) in [5.41, 5.74) is 0.389. The third kappa shape index (κ3) is 6.08. The molecule has 0 saturated carbocycles. The van der Waals surface area contributed by atoms with Crippen LogP contribution in [0.15, 0.2) is 10.6 Å².